The third-order valence-corrected chi connectivity index (χ3v) is 1.91. The van der Waals surface area contributed by atoms with E-state index in [1.807, 2.05) is 0 Å². The summed E-state index contributed by atoms with van der Waals surface area (Å²) in [5.41, 5.74) is 0.119. The SMILES string of the molecule is CC(C(=O)O)=C(C)C(O)C(O)CO. The molecule has 5 nitrogen and oxygen atoms in total. The van der Waals surface area contributed by atoms with Crippen molar-refractivity contribution in [2.45, 2.75) is 26.1 Å². The summed E-state index contributed by atoms with van der Waals surface area (Å²) in [7, 11) is 0. The predicted molar refractivity (Wildman–Crippen MR) is 45.1 cm³/mol. The monoisotopic (exact) mass is 190 g/mol. The molecule has 0 saturated carbocycles. The Morgan fingerprint density at radius 1 is 1.31 bits per heavy atom. The number of aliphatic hydroxyl groups excluding tert-OH is 3. The van der Waals surface area contributed by atoms with Crippen LogP contribution in [-0.2, 0) is 4.79 Å². The van der Waals surface area contributed by atoms with Gasteiger partial charge in [-0.25, -0.2) is 4.79 Å². The van der Waals surface area contributed by atoms with Gasteiger partial charge in [-0.15, -0.1) is 0 Å². The summed E-state index contributed by atoms with van der Waals surface area (Å²) in [4.78, 5) is 10.4. The smallest absolute Gasteiger partial charge is 0.331 e. The normalized spacial score (nSPS) is 17.6. The average molecular weight is 190 g/mol. The summed E-state index contributed by atoms with van der Waals surface area (Å²) < 4.78 is 0. The molecule has 0 heterocycles. The highest BCUT2D eigenvalue weighted by atomic mass is 16.4. The lowest BCUT2D eigenvalue weighted by Gasteiger charge is -2.17. The summed E-state index contributed by atoms with van der Waals surface area (Å²) >= 11 is 0. The van der Waals surface area contributed by atoms with Crippen LogP contribution in [0, 0.1) is 0 Å². The first-order chi connectivity index (χ1) is 5.91. The zero-order chi connectivity index (χ0) is 10.6. The van der Waals surface area contributed by atoms with Crippen LogP contribution < -0.4 is 0 Å². The molecular weight excluding hydrogens is 176 g/mol. The van der Waals surface area contributed by atoms with Crippen molar-refractivity contribution in [2.24, 2.45) is 0 Å². The van der Waals surface area contributed by atoms with Crippen molar-refractivity contribution in [3.05, 3.63) is 11.1 Å². The van der Waals surface area contributed by atoms with Gasteiger partial charge in [0.2, 0.25) is 0 Å². The Hall–Kier alpha value is -0.910. The van der Waals surface area contributed by atoms with Crippen LogP contribution in [0.2, 0.25) is 0 Å². The van der Waals surface area contributed by atoms with Gasteiger partial charge in [-0.3, -0.25) is 0 Å². The number of carbonyl (C=O) groups is 1. The van der Waals surface area contributed by atoms with Crippen LogP contribution in [0.25, 0.3) is 0 Å². The van der Waals surface area contributed by atoms with Gasteiger partial charge in [0.15, 0.2) is 0 Å². The second kappa shape index (κ2) is 4.96. The third kappa shape index (κ3) is 3.14. The van der Waals surface area contributed by atoms with E-state index in [0.29, 0.717) is 0 Å². The molecule has 0 fully saturated rings. The van der Waals surface area contributed by atoms with Gasteiger partial charge >= 0.3 is 5.97 Å². The molecule has 4 N–H and O–H groups in total. The maximum atomic E-state index is 10.4. The van der Waals surface area contributed by atoms with E-state index in [1.54, 1.807) is 0 Å². The molecule has 2 atom stereocenters. The average Bonchev–Trinajstić information content (AvgIpc) is 2.12. The van der Waals surface area contributed by atoms with Gasteiger partial charge < -0.3 is 20.4 Å². The molecule has 0 aliphatic carbocycles. The molecular formula is C8H14O5. The standard InChI is InChI=1S/C8H14O5/c1-4(5(2)8(12)13)7(11)6(10)3-9/h6-7,9-11H,3H2,1-2H3,(H,12,13). The minimum atomic E-state index is -1.34. The molecule has 5 heteroatoms. The second-order valence-corrected chi connectivity index (χ2v) is 2.81. The van der Waals surface area contributed by atoms with Crippen LogP contribution in [0.3, 0.4) is 0 Å². The number of aliphatic hydroxyl groups is 3. The molecule has 0 aromatic rings. The molecule has 0 saturated heterocycles. The van der Waals surface area contributed by atoms with Crippen molar-refractivity contribution in [1.82, 2.24) is 0 Å². The Balaban J connectivity index is 4.66. The third-order valence-electron chi connectivity index (χ3n) is 1.91. The molecule has 2 unspecified atom stereocenters. The van der Waals surface area contributed by atoms with Gasteiger partial charge in [-0.2, -0.15) is 0 Å². The van der Waals surface area contributed by atoms with Gasteiger partial charge in [-0.05, 0) is 19.4 Å². The Kier molecular flexibility index (Phi) is 4.61. The Labute approximate surface area is 75.9 Å². The van der Waals surface area contributed by atoms with Crippen molar-refractivity contribution in [3.8, 4) is 0 Å². The van der Waals surface area contributed by atoms with Gasteiger partial charge in [0, 0.05) is 5.57 Å². The van der Waals surface area contributed by atoms with E-state index in [1.165, 1.54) is 13.8 Å². The van der Waals surface area contributed by atoms with E-state index >= 15 is 0 Å². The minimum Gasteiger partial charge on any atom is -0.478 e. The Morgan fingerprint density at radius 3 is 2.08 bits per heavy atom. The van der Waals surface area contributed by atoms with Crippen molar-refractivity contribution in [3.63, 3.8) is 0 Å². The van der Waals surface area contributed by atoms with Crippen LogP contribution in [0.5, 0.6) is 0 Å². The van der Waals surface area contributed by atoms with Crippen molar-refractivity contribution in [1.29, 1.82) is 0 Å². The maximum Gasteiger partial charge on any atom is 0.331 e. The molecule has 0 aliphatic heterocycles. The highest BCUT2D eigenvalue weighted by Gasteiger charge is 2.20. The largest absolute Gasteiger partial charge is 0.478 e. The zero-order valence-electron chi connectivity index (χ0n) is 7.56. The molecule has 0 bridgehead atoms. The second-order valence-electron chi connectivity index (χ2n) is 2.81. The molecule has 76 valence electrons. The lowest BCUT2D eigenvalue weighted by Crippen LogP contribution is -2.31. The van der Waals surface area contributed by atoms with E-state index in [4.69, 9.17) is 15.3 Å². The van der Waals surface area contributed by atoms with Crippen LogP contribution in [0.4, 0.5) is 0 Å². The summed E-state index contributed by atoms with van der Waals surface area (Å²) in [6.45, 7) is 2.11. The van der Waals surface area contributed by atoms with Crippen molar-refractivity contribution < 1.29 is 25.2 Å². The first-order valence-electron chi connectivity index (χ1n) is 3.79. The summed E-state index contributed by atoms with van der Waals surface area (Å²) in [6, 6.07) is 0. The molecule has 13 heavy (non-hydrogen) atoms. The van der Waals surface area contributed by atoms with Gasteiger partial charge in [-0.1, -0.05) is 0 Å². The summed E-state index contributed by atoms with van der Waals surface area (Å²) in [5.74, 6) is -1.15. The number of aliphatic carboxylic acids is 1. The highest BCUT2D eigenvalue weighted by molar-refractivity contribution is 5.86. The molecule has 0 aliphatic rings. The van der Waals surface area contributed by atoms with Gasteiger partial charge in [0.1, 0.15) is 12.2 Å². The van der Waals surface area contributed by atoms with Crippen molar-refractivity contribution in [2.75, 3.05) is 6.61 Å². The summed E-state index contributed by atoms with van der Waals surface area (Å²) in [6.07, 6.45) is -2.67. The zero-order valence-corrected chi connectivity index (χ0v) is 7.56. The first-order valence-corrected chi connectivity index (χ1v) is 3.79. The number of hydrogen-bond donors (Lipinski definition) is 4. The topological polar surface area (TPSA) is 98.0 Å². The maximum absolute atomic E-state index is 10.4. The first kappa shape index (κ1) is 12.1. The Bertz CT molecular complexity index is 221. The quantitative estimate of drug-likeness (QED) is 0.432. The fourth-order valence-corrected chi connectivity index (χ4v) is 0.779. The molecule has 0 aromatic heterocycles. The number of hydrogen-bond acceptors (Lipinski definition) is 4. The molecule has 0 spiro atoms. The lowest BCUT2D eigenvalue weighted by molar-refractivity contribution is -0.132. The Morgan fingerprint density at radius 2 is 1.77 bits per heavy atom. The highest BCUT2D eigenvalue weighted by Crippen LogP contribution is 2.11. The van der Waals surface area contributed by atoms with E-state index < -0.39 is 24.8 Å². The molecule has 0 aromatic carbocycles. The van der Waals surface area contributed by atoms with Gasteiger partial charge in [0.05, 0.1) is 6.61 Å². The molecule has 0 rings (SSSR count). The number of rotatable bonds is 4. The fourth-order valence-electron chi connectivity index (χ4n) is 0.779. The van der Waals surface area contributed by atoms with Crippen LogP contribution in [0.15, 0.2) is 11.1 Å². The van der Waals surface area contributed by atoms with E-state index in [-0.39, 0.29) is 11.1 Å². The van der Waals surface area contributed by atoms with E-state index in [2.05, 4.69) is 0 Å². The van der Waals surface area contributed by atoms with Crippen LogP contribution in [0.1, 0.15) is 13.8 Å². The summed E-state index contributed by atoms with van der Waals surface area (Å²) in [5, 5.41) is 35.3. The lowest BCUT2D eigenvalue weighted by atomic mass is 10.0. The van der Waals surface area contributed by atoms with E-state index in [0.717, 1.165) is 0 Å². The van der Waals surface area contributed by atoms with Gasteiger partial charge in [0.25, 0.3) is 0 Å². The van der Waals surface area contributed by atoms with Crippen LogP contribution >= 0.6 is 0 Å². The number of carboxylic acid groups (broad SMARTS) is 1. The molecule has 0 amide bonds. The van der Waals surface area contributed by atoms with Crippen molar-refractivity contribution >= 4 is 5.97 Å². The predicted octanol–water partition coefficient (Wildman–Crippen LogP) is -0.879. The fraction of sp³-hybridized carbons (Fsp3) is 0.625. The van der Waals surface area contributed by atoms with Crippen LogP contribution in [-0.4, -0.2) is 45.2 Å². The minimum absolute atomic E-state index is 0.0278. The molecule has 0 radical (unpaired) electrons. The van der Waals surface area contributed by atoms with E-state index in [9.17, 15) is 9.90 Å². The number of carboxylic acids is 1.